The van der Waals surface area contributed by atoms with Crippen LogP contribution in [0.1, 0.15) is 43.2 Å². The van der Waals surface area contributed by atoms with Gasteiger partial charge in [0, 0.05) is 18.0 Å². The molecule has 2 aromatic carbocycles. The van der Waals surface area contributed by atoms with E-state index in [1.165, 1.54) is 25.3 Å². The second-order valence-corrected chi connectivity index (χ2v) is 7.44. The topological polar surface area (TPSA) is 49.8 Å². The fourth-order valence-electron chi connectivity index (χ4n) is 3.74. The van der Waals surface area contributed by atoms with Crippen molar-refractivity contribution in [2.45, 2.75) is 50.9 Å². The number of halogens is 3. The van der Waals surface area contributed by atoms with Crippen molar-refractivity contribution in [2.75, 3.05) is 10.6 Å². The lowest BCUT2D eigenvalue weighted by molar-refractivity contribution is -0.137. The van der Waals surface area contributed by atoms with Crippen molar-refractivity contribution in [1.82, 2.24) is 9.97 Å². The van der Waals surface area contributed by atoms with Gasteiger partial charge in [-0.25, -0.2) is 4.98 Å². The van der Waals surface area contributed by atoms with Gasteiger partial charge in [-0.2, -0.15) is 18.2 Å². The van der Waals surface area contributed by atoms with Crippen molar-refractivity contribution >= 4 is 22.7 Å². The van der Waals surface area contributed by atoms with Crippen LogP contribution < -0.4 is 10.6 Å². The summed E-state index contributed by atoms with van der Waals surface area (Å²) < 4.78 is 38.8. The molecule has 1 aliphatic carbocycles. The molecule has 4 rings (SSSR count). The van der Waals surface area contributed by atoms with Crippen LogP contribution in [0.2, 0.25) is 0 Å². The van der Waals surface area contributed by atoms with Crippen molar-refractivity contribution in [3.05, 3.63) is 59.7 Å². The number of rotatable bonds is 5. The summed E-state index contributed by atoms with van der Waals surface area (Å²) in [7, 11) is 0. The lowest BCUT2D eigenvalue weighted by atomic mass is 9.95. The van der Waals surface area contributed by atoms with Gasteiger partial charge in [0.2, 0.25) is 5.95 Å². The third-order valence-electron chi connectivity index (χ3n) is 5.25. The van der Waals surface area contributed by atoms with E-state index in [1.807, 2.05) is 24.3 Å². The summed E-state index contributed by atoms with van der Waals surface area (Å²) in [6, 6.07) is 13.4. The number of hydrogen-bond acceptors (Lipinski definition) is 4. The highest BCUT2D eigenvalue weighted by atomic mass is 19.4. The number of hydrogen-bond donors (Lipinski definition) is 2. The fraction of sp³-hybridized carbons (Fsp3) is 0.364. The van der Waals surface area contributed by atoms with Crippen molar-refractivity contribution in [3.63, 3.8) is 0 Å². The monoisotopic (exact) mass is 400 g/mol. The predicted molar refractivity (Wildman–Crippen MR) is 109 cm³/mol. The molecular weight excluding hydrogens is 377 g/mol. The molecule has 0 atom stereocenters. The van der Waals surface area contributed by atoms with Crippen LogP contribution in [-0.2, 0) is 12.7 Å². The molecule has 0 saturated heterocycles. The fourth-order valence-corrected chi connectivity index (χ4v) is 3.74. The molecule has 1 saturated carbocycles. The molecule has 1 heterocycles. The van der Waals surface area contributed by atoms with Crippen LogP contribution in [-0.4, -0.2) is 16.0 Å². The third kappa shape index (κ3) is 4.78. The van der Waals surface area contributed by atoms with E-state index >= 15 is 0 Å². The third-order valence-corrected chi connectivity index (χ3v) is 5.25. The van der Waals surface area contributed by atoms with Gasteiger partial charge >= 0.3 is 6.18 Å². The average molecular weight is 400 g/mol. The van der Waals surface area contributed by atoms with Gasteiger partial charge in [-0.05, 0) is 42.7 Å². The first-order valence-corrected chi connectivity index (χ1v) is 9.92. The minimum Gasteiger partial charge on any atom is -0.367 e. The van der Waals surface area contributed by atoms with Crippen LogP contribution in [0, 0.1) is 0 Å². The molecule has 0 aliphatic heterocycles. The summed E-state index contributed by atoms with van der Waals surface area (Å²) >= 11 is 0. The standard InChI is InChI=1S/C22H23F3N4/c23-22(24,25)16-8-6-7-15(13-16)14-26-21-28-19-12-5-4-11-18(19)20(29-21)27-17-9-2-1-3-10-17/h4-8,11-13,17H,1-3,9-10,14H2,(H2,26,27,28,29). The van der Waals surface area contributed by atoms with E-state index in [0.29, 0.717) is 17.6 Å². The number of nitrogens with zero attached hydrogens (tertiary/aromatic N) is 2. The zero-order chi connectivity index (χ0) is 20.3. The number of nitrogens with one attached hydrogen (secondary N) is 2. The molecule has 0 unspecified atom stereocenters. The van der Waals surface area contributed by atoms with Gasteiger partial charge in [0.15, 0.2) is 0 Å². The minimum absolute atomic E-state index is 0.213. The van der Waals surface area contributed by atoms with E-state index in [4.69, 9.17) is 0 Å². The lowest BCUT2D eigenvalue weighted by Gasteiger charge is -2.24. The van der Waals surface area contributed by atoms with Crippen molar-refractivity contribution in [3.8, 4) is 0 Å². The molecule has 0 radical (unpaired) electrons. The molecule has 3 aromatic rings. The van der Waals surface area contributed by atoms with Gasteiger partial charge in [-0.3, -0.25) is 0 Å². The predicted octanol–water partition coefficient (Wildman–Crippen LogP) is 6.01. The Morgan fingerprint density at radius 2 is 1.72 bits per heavy atom. The maximum atomic E-state index is 12.9. The van der Waals surface area contributed by atoms with Gasteiger partial charge in [-0.15, -0.1) is 0 Å². The average Bonchev–Trinajstić information content (AvgIpc) is 2.73. The highest BCUT2D eigenvalue weighted by molar-refractivity contribution is 5.90. The van der Waals surface area contributed by atoms with Crippen LogP contribution in [0.25, 0.3) is 10.9 Å². The van der Waals surface area contributed by atoms with Crippen molar-refractivity contribution < 1.29 is 13.2 Å². The highest BCUT2D eigenvalue weighted by Gasteiger charge is 2.30. The number of aromatic nitrogens is 2. The summed E-state index contributed by atoms with van der Waals surface area (Å²) in [6.07, 6.45) is 1.57. The van der Waals surface area contributed by atoms with Gasteiger partial charge in [0.05, 0.1) is 11.1 Å². The number of anilines is 2. The van der Waals surface area contributed by atoms with Gasteiger partial charge < -0.3 is 10.6 Å². The first-order valence-electron chi connectivity index (χ1n) is 9.92. The summed E-state index contributed by atoms with van der Waals surface area (Å²) in [5.74, 6) is 1.17. The maximum Gasteiger partial charge on any atom is 0.416 e. The summed E-state index contributed by atoms with van der Waals surface area (Å²) in [5, 5.41) is 7.58. The maximum absolute atomic E-state index is 12.9. The lowest BCUT2D eigenvalue weighted by Crippen LogP contribution is -2.23. The van der Waals surface area contributed by atoms with E-state index in [2.05, 4.69) is 20.6 Å². The van der Waals surface area contributed by atoms with Crippen LogP contribution in [0.5, 0.6) is 0 Å². The Labute approximate surface area is 167 Å². The van der Waals surface area contributed by atoms with Gasteiger partial charge in [0.1, 0.15) is 5.82 Å². The molecule has 4 nitrogen and oxygen atoms in total. The second-order valence-electron chi connectivity index (χ2n) is 7.44. The van der Waals surface area contributed by atoms with Crippen molar-refractivity contribution in [1.29, 1.82) is 0 Å². The first-order chi connectivity index (χ1) is 14.0. The van der Waals surface area contributed by atoms with Crippen LogP contribution in [0.15, 0.2) is 48.5 Å². The summed E-state index contributed by atoms with van der Waals surface area (Å²) in [4.78, 5) is 9.16. The van der Waals surface area contributed by atoms with Gasteiger partial charge in [-0.1, -0.05) is 43.5 Å². The number of fused-ring (bicyclic) bond motifs is 1. The smallest absolute Gasteiger partial charge is 0.367 e. The quantitative estimate of drug-likeness (QED) is 0.551. The van der Waals surface area contributed by atoms with E-state index in [1.54, 1.807) is 6.07 Å². The molecule has 0 bridgehead atoms. The minimum atomic E-state index is -4.35. The Balaban J connectivity index is 1.56. The van der Waals surface area contributed by atoms with E-state index in [-0.39, 0.29) is 6.54 Å². The second kappa shape index (κ2) is 8.27. The number of benzene rings is 2. The summed E-state index contributed by atoms with van der Waals surface area (Å²) in [6.45, 7) is 0.213. The van der Waals surface area contributed by atoms with E-state index in [9.17, 15) is 13.2 Å². The molecular formula is C22H23F3N4. The van der Waals surface area contributed by atoms with Crippen LogP contribution in [0.3, 0.4) is 0 Å². The first kappa shape index (κ1) is 19.5. The SMILES string of the molecule is FC(F)(F)c1cccc(CNc2nc(NC3CCCCC3)c3ccccc3n2)c1. The Bertz CT molecular complexity index is 981. The highest BCUT2D eigenvalue weighted by Crippen LogP contribution is 2.30. The van der Waals surface area contributed by atoms with Crippen LogP contribution in [0.4, 0.5) is 24.9 Å². The Morgan fingerprint density at radius 3 is 2.52 bits per heavy atom. The Morgan fingerprint density at radius 1 is 0.931 bits per heavy atom. The molecule has 152 valence electrons. The largest absolute Gasteiger partial charge is 0.416 e. The van der Waals surface area contributed by atoms with Crippen LogP contribution >= 0.6 is 0 Å². The van der Waals surface area contributed by atoms with Crippen molar-refractivity contribution in [2.24, 2.45) is 0 Å². The molecule has 2 N–H and O–H groups in total. The summed E-state index contributed by atoms with van der Waals surface area (Å²) in [5.41, 5.74) is 0.668. The number of para-hydroxylation sites is 1. The Hall–Kier alpha value is -2.83. The molecule has 1 fully saturated rings. The molecule has 1 aliphatic rings. The zero-order valence-electron chi connectivity index (χ0n) is 16.0. The Kier molecular flexibility index (Phi) is 5.56. The van der Waals surface area contributed by atoms with Gasteiger partial charge in [0.25, 0.3) is 0 Å². The molecule has 0 spiro atoms. The molecule has 1 aromatic heterocycles. The van der Waals surface area contributed by atoms with E-state index in [0.717, 1.165) is 41.7 Å². The zero-order valence-corrected chi connectivity index (χ0v) is 16.0. The molecule has 0 amide bonds. The molecule has 29 heavy (non-hydrogen) atoms. The number of alkyl halides is 3. The normalized spacial score (nSPS) is 15.4. The van der Waals surface area contributed by atoms with E-state index < -0.39 is 11.7 Å². The molecule has 7 heteroatoms.